The molecule has 2 rings (SSSR count). The molecule has 1 amide bonds. The Labute approximate surface area is 140 Å². The van der Waals surface area contributed by atoms with Gasteiger partial charge in [0.05, 0.1) is 6.10 Å². The summed E-state index contributed by atoms with van der Waals surface area (Å²) in [5.74, 6) is -0.238. The number of amides is 1. The van der Waals surface area contributed by atoms with Gasteiger partial charge in [-0.15, -0.1) is 0 Å². The van der Waals surface area contributed by atoms with E-state index in [-0.39, 0.29) is 5.91 Å². The lowest BCUT2D eigenvalue weighted by Gasteiger charge is -2.10. The molecule has 0 aliphatic carbocycles. The third-order valence-electron chi connectivity index (χ3n) is 3.23. The molecule has 5 nitrogen and oxygen atoms in total. The molecule has 1 atom stereocenters. The fraction of sp³-hybridized carbons (Fsp3) is 0.294. The molecule has 3 N–H and O–H groups in total. The Morgan fingerprint density at radius 2 is 2.13 bits per heavy atom. The highest BCUT2D eigenvalue weighted by Crippen LogP contribution is 2.15. The molecule has 0 aliphatic rings. The Morgan fingerprint density at radius 3 is 2.87 bits per heavy atom. The van der Waals surface area contributed by atoms with Crippen LogP contribution in [0.2, 0.25) is 5.02 Å². The number of aliphatic hydroxyl groups excluding tert-OH is 1. The molecule has 0 radical (unpaired) electrons. The van der Waals surface area contributed by atoms with Gasteiger partial charge in [-0.25, -0.2) is 0 Å². The van der Waals surface area contributed by atoms with Crippen molar-refractivity contribution in [2.24, 2.45) is 0 Å². The Morgan fingerprint density at radius 1 is 1.35 bits per heavy atom. The van der Waals surface area contributed by atoms with E-state index in [1.807, 2.05) is 24.3 Å². The average Bonchev–Trinajstić information content (AvgIpc) is 2.55. The van der Waals surface area contributed by atoms with Crippen molar-refractivity contribution in [2.75, 3.05) is 18.4 Å². The number of anilines is 1. The second-order valence-electron chi connectivity index (χ2n) is 5.26. The summed E-state index contributed by atoms with van der Waals surface area (Å²) in [6.07, 6.45) is 1.76. The van der Waals surface area contributed by atoms with Gasteiger partial charge in [-0.05, 0) is 37.1 Å². The number of nitrogens with zero attached hydrogens (tertiary/aromatic N) is 1. The van der Waals surface area contributed by atoms with E-state index in [1.165, 1.54) is 0 Å². The molecule has 122 valence electrons. The van der Waals surface area contributed by atoms with Gasteiger partial charge in [0, 0.05) is 30.0 Å². The average molecular weight is 334 g/mol. The van der Waals surface area contributed by atoms with Gasteiger partial charge < -0.3 is 15.7 Å². The first-order chi connectivity index (χ1) is 11.1. The molecule has 0 bridgehead atoms. The van der Waals surface area contributed by atoms with Crippen LogP contribution in [0, 0.1) is 0 Å². The number of aliphatic hydroxyl groups is 1. The second-order valence-corrected chi connectivity index (χ2v) is 5.66. The molecule has 0 saturated carbocycles. The fourth-order valence-electron chi connectivity index (χ4n) is 2.03. The number of carbonyl (C=O) groups excluding carboxylic acids is 1. The van der Waals surface area contributed by atoms with Gasteiger partial charge in [0.25, 0.3) is 5.91 Å². The molecule has 0 fully saturated rings. The first-order valence-corrected chi connectivity index (χ1v) is 7.83. The molecule has 1 aromatic carbocycles. The van der Waals surface area contributed by atoms with Crippen molar-refractivity contribution >= 4 is 23.2 Å². The normalized spacial score (nSPS) is 11.8. The summed E-state index contributed by atoms with van der Waals surface area (Å²) >= 11 is 6.08. The van der Waals surface area contributed by atoms with Crippen LogP contribution in [-0.4, -0.2) is 35.2 Å². The van der Waals surface area contributed by atoms with Crippen molar-refractivity contribution in [3.8, 4) is 0 Å². The molecular weight excluding hydrogens is 314 g/mol. The third kappa shape index (κ3) is 5.54. The highest BCUT2D eigenvalue weighted by Gasteiger charge is 2.08. The highest BCUT2D eigenvalue weighted by molar-refractivity contribution is 6.31. The predicted molar refractivity (Wildman–Crippen MR) is 91.9 cm³/mol. The zero-order chi connectivity index (χ0) is 16.7. The standard InChI is InChI=1S/C17H20ClN3O2/c1-12(22)11-21-14-7-9-19-16(10-14)17(23)20-8-6-13-4-2-3-5-15(13)18/h2-5,7,9-10,12,22H,6,8,11H2,1H3,(H,19,21)(H,20,23). The van der Waals surface area contributed by atoms with Gasteiger partial charge >= 0.3 is 0 Å². The van der Waals surface area contributed by atoms with Crippen molar-refractivity contribution in [1.82, 2.24) is 10.3 Å². The lowest BCUT2D eigenvalue weighted by Crippen LogP contribution is -2.26. The summed E-state index contributed by atoms with van der Waals surface area (Å²) in [6.45, 7) is 2.59. The first kappa shape index (κ1) is 17.2. The van der Waals surface area contributed by atoms with Crippen molar-refractivity contribution < 1.29 is 9.90 Å². The Kier molecular flexibility index (Phi) is 6.38. The molecule has 0 aliphatic heterocycles. The maximum absolute atomic E-state index is 12.1. The van der Waals surface area contributed by atoms with E-state index < -0.39 is 6.10 Å². The van der Waals surface area contributed by atoms with Crippen LogP contribution in [0.15, 0.2) is 42.6 Å². The molecule has 6 heteroatoms. The van der Waals surface area contributed by atoms with Crippen molar-refractivity contribution in [2.45, 2.75) is 19.4 Å². The first-order valence-electron chi connectivity index (χ1n) is 7.46. The maximum atomic E-state index is 12.1. The Bertz CT molecular complexity index is 662. The molecule has 1 unspecified atom stereocenters. The number of pyridine rings is 1. The molecular formula is C17H20ClN3O2. The van der Waals surface area contributed by atoms with Crippen LogP contribution >= 0.6 is 11.6 Å². The topological polar surface area (TPSA) is 74.2 Å². The van der Waals surface area contributed by atoms with Gasteiger partial charge in [-0.2, -0.15) is 0 Å². The molecule has 0 spiro atoms. The number of carbonyl (C=O) groups is 1. The SMILES string of the molecule is CC(O)CNc1ccnc(C(=O)NCCc2ccccc2Cl)c1. The van der Waals surface area contributed by atoms with E-state index in [9.17, 15) is 9.90 Å². The van der Waals surface area contributed by atoms with Crippen molar-refractivity contribution in [1.29, 1.82) is 0 Å². The predicted octanol–water partition coefficient (Wildman–Crippen LogP) is 2.50. The maximum Gasteiger partial charge on any atom is 0.269 e. The zero-order valence-electron chi connectivity index (χ0n) is 12.9. The number of rotatable bonds is 7. The van der Waals surface area contributed by atoms with Gasteiger partial charge in [0.1, 0.15) is 5.69 Å². The number of aromatic nitrogens is 1. The van der Waals surface area contributed by atoms with E-state index in [0.717, 1.165) is 11.3 Å². The minimum absolute atomic E-state index is 0.238. The zero-order valence-corrected chi connectivity index (χ0v) is 13.7. The van der Waals surface area contributed by atoms with E-state index in [4.69, 9.17) is 11.6 Å². The smallest absolute Gasteiger partial charge is 0.269 e. The lowest BCUT2D eigenvalue weighted by molar-refractivity contribution is 0.0949. The van der Waals surface area contributed by atoms with Gasteiger partial charge in [-0.1, -0.05) is 29.8 Å². The minimum Gasteiger partial charge on any atom is -0.392 e. The van der Waals surface area contributed by atoms with Crippen LogP contribution in [0.5, 0.6) is 0 Å². The monoisotopic (exact) mass is 333 g/mol. The van der Waals surface area contributed by atoms with E-state index in [0.29, 0.717) is 30.2 Å². The second kappa shape index (κ2) is 8.50. The fourth-order valence-corrected chi connectivity index (χ4v) is 2.26. The lowest BCUT2D eigenvalue weighted by atomic mass is 10.1. The van der Waals surface area contributed by atoms with Crippen molar-refractivity contribution in [3.05, 3.63) is 58.9 Å². The van der Waals surface area contributed by atoms with Gasteiger partial charge in [0.2, 0.25) is 0 Å². The van der Waals surface area contributed by atoms with E-state index in [2.05, 4.69) is 15.6 Å². The van der Waals surface area contributed by atoms with E-state index in [1.54, 1.807) is 25.3 Å². The van der Waals surface area contributed by atoms with Crippen LogP contribution in [0.1, 0.15) is 23.0 Å². The van der Waals surface area contributed by atoms with Crippen LogP contribution < -0.4 is 10.6 Å². The van der Waals surface area contributed by atoms with Crippen molar-refractivity contribution in [3.63, 3.8) is 0 Å². The van der Waals surface area contributed by atoms with Gasteiger partial charge in [-0.3, -0.25) is 9.78 Å². The summed E-state index contributed by atoms with van der Waals surface area (Å²) in [6, 6.07) is 11.0. The molecule has 1 heterocycles. The quantitative estimate of drug-likeness (QED) is 0.728. The minimum atomic E-state index is -0.462. The van der Waals surface area contributed by atoms with Gasteiger partial charge in [0.15, 0.2) is 0 Å². The summed E-state index contributed by atoms with van der Waals surface area (Å²) in [7, 11) is 0. The third-order valence-corrected chi connectivity index (χ3v) is 3.60. The van der Waals surface area contributed by atoms with Crippen LogP contribution in [0.3, 0.4) is 0 Å². The summed E-state index contributed by atoms with van der Waals surface area (Å²) in [5, 5.41) is 15.8. The number of halogens is 1. The number of hydrogen-bond acceptors (Lipinski definition) is 4. The van der Waals surface area contributed by atoms with Crippen LogP contribution in [0.4, 0.5) is 5.69 Å². The largest absolute Gasteiger partial charge is 0.392 e. The highest BCUT2D eigenvalue weighted by atomic mass is 35.5. The molecule has 1 aromatic heterocycles. The number of benzene rings is 1. The Hall–Kier alpha value is -2.11. The summed E-state index contributed by atoms with van der Waals surface area (Å²) < 4.78 is 0. The number of hydrogen-bond donors (Lipinski definition) is 3. The molecule has 0 saturated heterocycles. The summed E-state index contributed by atoms with van der Waals surface area (Å²) in [4.78, 5) is 16.2. The molecule has 2 aromatic rings. The summed E-state index contributed by atoms with van der Waals surface area (Å²) in [5.41, 5.74) is 2.08. The Balaban J connectivity index is 1.88. The van der Waals surface area contributed by atoms with Crippen LogP contribution in [0.25, 0.3) is 0 Å². The van der Waals surface area contributed by atoms with E-state index >= 15 is 0 Å². The van der Waals surface area contributed by atoms with Crippen LogP contribution in [-0.2, 0) is 6.42 Å². The number of nitrogens with one attached hydrogen (secondary N) is 2. The molecule has 23 heavy (non-hydrogen) atoms.